The number of H-pyrrole nitrogens is 1. The van der Waals surface area contributed by atoms with Crippen LogP contribution >= 0.6 is 0 Å². The fraction of sp³-hybridized carbons (Fsp3) is 0.400. The molecule has 7 heteroatoms. The lowest BCUT2D eigenvalue weighted by molar-refractivity contribution is -0.163. The molecule has 1 aromatic heterocycles. The molecule has 1 aliphatic carbocycles. The van der Waals surface area contributed by atoms with Crippen LogP contribution in [0.2, 0.25) is 0 Å². The van der Waals surface area contributed by atoms with Crippen LogP contribution in [-0.4, -0.2) is 22.6 Å². The quantitative estimate of drug-likeness (QED) is 0.823. The van der Waals surface area contributed by atoms with E-state index in [2.05, 4.69) is 4.98 Å². The summed E-state index contributed by atoms with van der Waals surface area (Å²) in [7, 11) is 0. The molecular weight excluding hydrogens is 237 g/mol. The number of amides is 1. The summed E-state index contributed by atoms with van der Waals surface area (Å²) >= 11 is 0. The summed E-state index contributed by atoms with van der Waals surface area (Å²) in [5.41, 5.74) is -2.82. The Balaban J connectivity index is 2.16. The van der Waals surface area contributed by atoms with Crippen LogP contribution in [0.4, 0.5) is 13.2 Å². The standard InChI is InChI=1S/C10H9F3N2O2/c11-10(12,13)9(4-5-9)15-8(17)6-2-1-3-7(16)14-6/h1-3H,4-5H2,(H,14,16)(H,15,17). The number of nitrogens with one attached hydrogen (secondary N) is 2. The van der Waals surface area contributed by atoms with E-state index in [1.807, 2.05) is 5.32 Å². The van der Waals surface area contributed by atoms with Gasteiger partial charge in [0.2, 0.25) is 5.56 Å². The molecule has 1 amide bonds. The third kappa shape index (κ3) is 2.17. The molecule has 0 atom stereocenters. The Morgan fingerprint density at radius 2 is 2.00 bits per heavy atom. The second-order valence-corrected chi connectivity index (χ2v) is 3.96. The maximum atomic E-state index is 12.6. The van der Waals surface area contributed by atoms with E-state index in [0.717, 1.165) is 0 Å². The van der Waals surface area contributed by atoms with E-state index in [0.29, 0.717) is 0 Å². The van der Waals surface area contributed by atoms with Crippen molar-refractivity contribution < 1.29 is 18.0 Å². The van der Waals surface area contributed by atoms with E-state index in [1.165, 1.54) is 18.2 Å². The molecule has 0 saturated heterocycles. The highest BCUT2D eigenvalue weighted by Gasteiger charge is 2.64. The van der Waals surface area contributed by atoms with Gasteiger partial charge in [-0.25, -0.2) is 0 Å². The number of aromatic amines is 1. The van der Waals surface area contributed by atoms with Gasteiger partial charge in [-0.3, -0.25) is 9.59 Å². The maximum Gasteiger partial charge on any atom is 0.411 e. The van der Waals surface area contributed by atoms with Gasteiger partial charge in [0.15, 0.2) is 0 Å². The van der Waals surface area contributed by atoms with Gasteiger partial charge in [-0.2, -0.15) is 13.2 Å². The molecule has 1 heterocycles. The van der Waals surface area contributed by atoms with Crippen LogP contribution in [0.15, 0.2) is 23.0 Å². The first kappa shape index (κ1) is 11.7. The maximum absolute atomic E-state index is 12.6. The second-order valence-electron chi connectivity index (χ2n) is 3.96. The first-order valence-corrected chi connectivity index (χ1v) is 4.93. The van der Waals surface area contributed by atoms with Crippen molar-refractivity contribution in [2.45, 2.75) is 24.6 Å². The zero-order valence-electron chi connectivity index (χ0n) is 8.60. The topological polar surface area (TPSA) is 62.0 Å². The van der Waals surface area contributed by atoms with Crippen LogP contribution in [0.25, 0.3) is 0 Å². The fourth-order valence-corrected chi connectivity index (χ4v) is 1.47. The van der Waals surface area contributed by atoms with Crippen molar-refractivity contribution in [3.05, 3.63) is 34.2 Å². The van der Waals surface area contributed by atoms with E-state index >= 15 is 0 Å². The second kappa shape index (κ2) is 3.61. The minimum absolute atomic E-state index is 0.126. The first-order chi connectivity index (χ1) is 7.84. The SMILES string of the molecule is O=C(NC1(C(F)(F)F)CC1)c1cccc(=O)[nH]1. The van der Waals surface area contributed by atoms with E-state index in [9.17, 15) is 22.8 Å². The average molecular weight is 246 g/mol. The Labute approximate surface area is 93.8 Å². The Morgan fingerprint density at radius 3 is 2.47 bits per heavy atom. The minimum atomic E-state index is -4.46. The summed E-state index contributed by atoms with van der Waals surface area (Å²) in [6, 6.07) is 3.73. The Hall–Kier alpha value is -1.79. The smallest absolute Gasteiger partial charge is 0.337 e. The molecule has 0 radical (unpaired) electrons. The largest absolute Gasteiger partial charge is 0.411 e. The third-order valence-electron chi connectivity index (χ3n) is 2.66. The van der Waals surface area contributed by atoms with Crippen LogP contribution in [0.1, 0.15) is 23.3 Å². The number of hydrogen-bond donors (Lipinski definition) is 2. The van der Waals surface area contributed by atoms with Gasteiger partial charge < -0.3 is 10.3 Å². The van der Waals surface area contributed by atoms with E-state index in [-0.39, 0.29) is 18.5 Å². The van der Waals surface area contributed by atoms with E-state index in [4.69, 9.17) is 0 Å². The predicted octanol–water partition coefficient (Wildman–Crippen LogP) is 1.20. The number of alkyl halides is 3. The predicted molar refractivity (Wildman–Crippen MR) is 52.5 cm³/mol. The summed E-state index contributed by atoms with van der Waals surface area (Å²) in [6.07, 6.45) is -4.71. The van der Waals surface area contributed by atoms with Gasteiger partial charge in [-0.1, -0.05) is 6.07 Å². The Bertz CT molecular complexity index is 503. The molecule has 0 aliphatic heterocycles. The number of pyridine rings is 1. The molecule has 0 unspecified atom stereocenters. The number of halogens is 3. The molecule has 17 heavy (non-hydrogen) atoms. The highest BCUT2D eigenvalue weighted by Crippen LogP contribution is 2.48. The van der Waals surface area contributed by atoms with Gasteiger partial charge >= 0.3 is 6.18 Å². The molecule has 0 spiro atoms. The van der Waals surface area contributed by atoms with Crippen molar-refractivity contribution in [1.29, 1.82) is 0 Å². The summed E-state index contributed by atoms with van der Waals surface area (Å²) in [4.78, 5) is 24.6. The molecular formula is C10H9F3N2O2. The van der Waals surface area contributed by atoms with Crippen molar-refractivity contribution >= 4 is 5.91 Å². The van der Waals surface area contributed by atoms with Crippen LogP contribution in [0.3, 0.4) is 0 Å². The highest BCUT2D eigenvalue weighted by atomic mass is 19.4. The molecule has 1 aliphatic rings. The van der Waals surface area contributed by atoms with Crippen molar-refractivity contribution in [3.63, 3.8) is 0 Å². The van der Waals surface area contributed by atoms with E-state index in [1.54, 1.807) is 0 Å². The van der Waals surface area contributed by atoms with Crippen LogP contribution in [-0.2, 0) is 0 Å². The lowest BCUT2D eigenvalue weighted by Gasteiger charge is -2.20. The summed E-state index contributed by atoms with van der Waals surface area (Å²) in [6.45, 7) is 0. The monoisotopic (exact) mass is 246 g/mol. The van der Waals surface area contributed by atoms with Gasteiger partial charge in [0.05, 0.1) is 0 Å². The van der Waals surface area contributed by atoms with Gasteiger partial charge in [-0.15, -0.1) is 0 Å². The molecule has 4 nitrogen and oxygen atoms in total. The zero-order valence-corrected chi connectivity index (χ0v) is 8.60. The summed E-state index contributed by atoms with van der Waals surface area (Å²) < 4.78 is 37.7. The molecule has 1 saturated carbocycles. The molecule has 92 valence electrons. The summed E-state index contributed by atoms with van der Waals surface area (Å²) in [5.74, 6) is -0.919. The number of carbonyl (C=O) groups excluding carboxylic acids is 1. The first-order valence-electron chi connectivity index (χ1n) is 4.93. The molecule has 2 N–H and O–H groups in total. The lowest BCUT2D eigenvalue weighted by atomic mass is 10.2. The highest BCUT2D eigenvalue weighted by molar-refractivity contribution is 5.93. The third-order valence-corrected chi connectivity index (χ3v) is 2.66. The molecule has 2 rings (SSSR count). The van der Waals surface area contributed by atoms with Crippen molar-refractivity contribution in [2.75, 3.05) is 0 Å². The normalized spacial score (nSPS) is 17.6. The van der Waals surface area contributed by atoms with Crippen LogP contribution < -0.4 is 10.9 Å². The van der Waals surface area contributed by atoms with Gasteiger partial charge in [-0.05, 0) is 18.9 Å². The Kier molecular flexibility index (Phi) is 2.48. The number of hydrogen-bond acceptors (Lipinski definition) is 2. The average Bonchev–Trinajstić information content (AvgIpc) is 2.98. The van der Waals surface area contributed by atoms with Crippen molar-refractivity contribution in [1.82, 2.24) is 10.3 Å². The van der Waals surface area contributed by atoms with Crippen LogP contribution in [0.5, 0.6) is 0 Å². The van der Waals surface area contributed by atoms with Crippen molar-refractivity contribution in [3.8, 4) is 0 Å². The molecule has 1 aromatic rings. The van der Waals surface area contributed by atoms with Gasteiger partial charge in [0.1, 0.15) is 11.2 Å². The molecule has 0 aromatic carbocycles. The van der Waals surface area contributed by atoms with Crippen LogP contribution in [0, 0.1) is 0 Å². The number of aromatic nitrogens is 1. The number of rotatable bonds is 2. The molecule has 1 fully saturated rings. The fourth-order valence-electron chi connectivity index (χ4n) is 1.47. The zero-order chi connectivity index (χ0) is 12.7. The number of carbonyl (C=O) groups is 1. The van der Waals surface area contributed by atoms with Gasteiger partial charge in [0, 0.05) is 6.07 Å². The minimum Gasteiger partial charge on any atom is -0.337 e. The summed E-state index contributed by atoms with van der Waals surface area (Å²) in [5, 5.41) is 1.92. The molecule has 0 bridgehead atoms. The van der Waals surface area contributed by atoms with E-state index < -0.39 is 23.2 Å². The Morgan fingerprint density at radius 1 is 1.35 bits per heavy atom. The van der Waals surface area contributed by atoms with Gasteiger partial charge in [0.25, 0.3) is 5.91 Å². The van der Waals surface area contributed by atoms with Crippen molar-refractivity contribution in [2.24, 2.45) is 0 Å². The lowest BCUT2D eigenvalue weighted by Crippen LogP contribution is -2.48.